The lowest BCUT2D eigenvalue weighted by Crippen LogP contribution is -2.00. The van der Waals surface area contributed by atoms with Crippen LogP contribution in [0.4, 0.5) is 0 Å². The van der Waals surface area contributed by atoms with E-state index in [9.17, 15) is 5.11 Å². The molecule has 2 atom stereocenters. The van der Waals surface area contributed by atoms with E-state index in [0.717, 1.165) is 29.5 Å². The second kappa shape index (κ2) is 7.50. The molecule has 0 spiro atoms. The van der Waals surface area contributed by atoms with Gasteiger partial charge in [-0.25, -0.2) is 0 Å². The van der Waals surface area contributed by atoms with Gasteiger partial charge in [0.05, 0.1) is 0 Å². The third-order valence-corrected chi connectivity index (χ3v) is 4.03. The van der Waals surface area contributed by atoms with E-state index in [1.807, 2.05) is 24.3 Å². The average molecular weight is 282 g/mol. The van der Waals surface area contributed by atoms with Gasteiger partial charge in [0.15, 0.2) is 0 Å². The monoisotopic (exact) mass is 282 g/mol. The van der Waals surface area contributed by atoms with Gasteiger partial charge in [-0.2, -0.15) is 10.5 Å². The molecule has 0 saturated carbocycles. The van der Waals surface area contributed by atoms with Crippen molar-refractivity contribution in [3.05, 3.63) is 34.4 Å². The lowest BCUT2D eigenvalue weighted by Gasteiger charge is -2.19. The summed E-state index contributed by atoms with van der Waals surface area (Å²) in [5.74, 6) is 0.814. The van der Waals surface area contributed by atoms with Crippen molar-refractivity contribution in [1.82, 2.24) is 0 Å². The molecule has 1 aromatic carbocycles. The Hall–Kier alpha value is -2.26. The third kappa shape index (κ3) is 3.86. The summed E-state index contributed by atoms with van der Waals surface area (Å²) in [6.07, 6.45) is 3.42. The molecule has 0 fully saturated rings. The Kier molecular flexibility index (Phi) is 6.00. The average Bonchev–Trinajstić information content (AvgIpc) is 2.52. The molecule has 0 heterocycles. The third-order valence-electron chi connectivity index (χ3n) is 4.03. The molecule has 0 radical (unpaired) electrons. The molecule has 2 unspecified atom stereocenters. The van der Waals surface area contributed by atoms with Crippen LogP contribution in [0.2, 0.25) is 0 Å². The molecule has 21 heavy (non-hydrogen) atoms. The molecule has 0 aromatic heterocycles. The van der Waals surface area contributed by atoms with E-state index in [4.69, 9.17) is 10.5 Å². The summed E-state index contributed by atoms with van der Waals surface area (Å²) in [6.45, 7) is 8.29. The van der Waals surface area contributed by atoms with Crippen LogP contribution in [0.25, 0.3) is 6.08 Å². The Bertz CT molecular complexity index is 570. The first-order chi connectivity index (χ1) is 9.98. The van der Waals surface area contributed by atoms with Gasteiger partial charge in [0.2, 0.25) is 0 Å². The highest BCUT2D eigenvalue weighted by Gasteiger charge is 2.17. The molecule has 0 aliphatic carbocycles. The fourth-order valence-corrected chi connectivity index (χ4v) is 2.23. The van der Waals surface area contributed by atoms with E-state index < -0.39 is 0 Å². The highest BCUT2D eigenvalue weighted by Crippen LogP contribution is 2.37. The van der Waals surface area contributed by atoms with Crippen LogP contribution in [0.5, 0.6) is 5.75 Å². The summed E-state index contributed by atoms with van der Waals surface area (Å²) in [4.78, 5) is 0. The summed E-state index contributed by atoms with van der Waals surface area (Å²) < 4.78 is 0. The maximum Gasteiger partial charge on any atom is 0.130 e. The summed E-state index contributed by atoms with van der Waals surface area (Å²) in [5, 5.41) is 28.3. The molecule has 0 aliphatic heterocycles. The zero-order chi connectivity index (χ0) is 16.0. The Balaban J connectivity index is 3.51. The minimum Gasteiger partial charge on any atom is -0.507 e. The number of allylic oxidation sites excluding steroid dienone is 1. The lowest BCUT2D eigenvalue weighted by molar-refractivity contribution is 0.449. The minimum absolute atomic E-state index is 0.0749. The second-order valence-electron chi connectivity index (χ2n) is 5.45. The normalized spacial score (nSPS) is 12.9. The number of phenolic OH excluding ortho intramolecular Hbond substituents is 1. The van der Waals surface area contributed by atoms with Crippen molar-refractivity contribution < 1.29 is 5.11 Å². The van der Waals surface area contributed by atoms with Gasteiger partial charge >= 0.3 is 0 Å². The smallest absolute Gasteiger partial charge is 0.130 e. The first-order valence-electron chi connectivity index (χ1n) is 7.37. The Labute approximate surface area is 127 Å². The Morgan fingerprint density at radius 2 is 1.52 bits per heavy atom. The van der Waals surface area contributed by atoms with Crippen molar-refractivity contribution in [2.45, 2.75) is 52.4 Å². The first kappa shape index (κ1) is 16.8. The fraction of sp³-hybridized carbons (Fsp3) is 0.444. The van der Waals surface area contributed by atoms with Crippen LogP contribution in [0.15, 0.2) is 17.7 Å². The van der Waals surface area contributed by atoms with Gasteiger partial charge < -0.3 is 5.11 Å². The molecule has 1 N–H and O–H groups in total. The van der Waals surface area contributed by atoms with Gasteiger partial charge in [0.25, 0.3) is 0 Å². The number of nitrogens with zero attached hydrogens (tertiary/aromatic N) is 2. The van der Waals surface area contributed by atoms with Gasteiger partial charge in [-0.1, -0.05) is 27.7 Å². The van der Waals surface area contributed by atoms with Crippen molar-refractivity contribution in [2.24, 2.45) is 0 Å². The summed E-state index contributed by atoms with van der Waals surface area (Å²) in [5.41, 5.74) is 2.65. The van der Waals surface area contributed by atoms with Crippen molar-refractivity contribution in [3.8, 4) is 17.9 Å². The Morgan fingerprint density at radius 1 is 1.10 bits per heavy atom. The zero-order valence-corrected chi connectivity index (χ0v) is 13.1. The standard InChI is InChI=1S/C18H22N2O/c1-5-12(3)16-8-14(7-15(10-19)11-20)9-17(18(16)21)13(4)6-2/h7-9,12-13,21H,5-6H2,1-4H3. The largest absolute Gasteiger partial charge is 0.507 e. The number of phenols is 1. The van der Waals surface area contributed by atoms with Crippen molar-refractivity contribution in [3.63, 3.8) is 0 Å². The van der Waals surface area contributed by atoms with E-state index >= 15 is 0 Å². The van der Waals surface area contributed by atoms with Crippen LogP contribution in [0, 0.1) is 22.7 Å². The molecule has 3 heteroatoms. The van der Waals surface area contributed by atoms with Crippen LogP contribution >= 0.6 is 0 Å². The number of rotatable bonds is 5. The molecule has 0 saturated heterocycles. The van der Waals surface area contributed by atoms with E-state index in [1.165, 1.54) is 0 Å². The zero-order valence-electron chi connectivity index (χ0n) is 13.1. The lowest BCUT2D eigenvalue weighted by atomic mass is 9.88. The van der Waals surface area contributed by atoms with E-state index in [-0.39, 0.29) is 17.4 Å². The number of aromatic hydroxyl groups is 1. The van der Waals surface area contributed by atoms with Crippen LogP contribution < -0.4 is 0 Å². The number of hydrogen-bond acceptors (Lipinski definition) is 3. The van der Waals surface area contributed by atoms with Crippen LogP contribution in [0.3, 0.4) is 0 Å². The van der Waals surface area contributed by atoms with E-state index in [1.54, 1.807) is 6.08 Å². The van der Waals surface area contributed by atoms with Gasteiger partial charge in [-0.3, -0.25) is 0 Å². The predicted molar refractivity (Wildman–Crippen MR) is 84.7 cm³/mol. The number of benzene rings is 1. The molecule has 0 amide bonds. The molecule has 110 valence electrons. The minimum atomic E-state index is 0.0749. The number of hydrogen-bond donors (Lipinski definition) is 1. The highest BCUT2D eigenvalue weighted by molar-refractivity contribution is 5.65. The Morgan fingerprint density at radius 3 is 1.86 bits per heavy atom. The molecule has 3 nitrogen and oxygen atoms in total. The van der Waals surface area contributed by atoms with Gasteiger partial charge in [-0.05, 0) is 59.6 Å². The SMILES string of the molecule is CCC(C)c1cc(C=C(C#N)C#N)cc(C(C)CC)c1O. The molecular weight excluding hydrogens is 260 g/mol. The van der Waals surface area contributed by atoms with Crippen molar-refractivity contribution in [1.29, 1.82) is 10.5 Å². The number of nitriles is 2. The summed E-state index contributed by atoms with van der Waals surface area (Å²) in [6, 6.07) is 7.51. The van der Waals surface area contributed by atoms with Gasteiger partial charge in [0, 0.05) is 0 Å². The highest BCUT2D eigenvalue weighted by atomic mass is 16.3. The fourth-order valence-electron chi connectivity index (χ4n) is 2.23. The van der Waals surface area contributed by atoms with Gasteiger partial charge in [-0.15, -0.1) is 0 Å². The van der Waals surface area contributed by atoms with E-state index in [2.05, 4.69) is 27.7 Å². The quantitative estimate of drug-likeness (QED) is 0.785. The van der Waals surface area contributed by atoms with Gasteiger partial charge in [0.1, 0.15) is 23.5 Å². The molecular formula is C18H22N2O. The summed E-state index contributed by atoms with van der Waals surface area (Å²) >= 11 is 0. The summed E-state index contributed by atoms with van der Waals surface area (Å²) in [7, 11) is 0. The predicted octanol–water partition coefficient (Wildman–Crippen LogP) is 4.85. The molecule has 0 bridgehead atoms. The second-order valence-corrected chi connectivity index (χ2v) is 5.45. The maximum atomic E-state index is 10.5. The van der Waals surface area contributed by atoms with Crippen molar-refractivity contribution in [2.75, 3.05) is 0 Å². The first-order valence-corrected chi connectivity index (χ1v) is 7.37. The van der Waals surface area contributed by atoms with Crippen LogP contribution in [-0.2, 0) is 0 Å². The molecule has 1 rings (SSSR count). The molecule has 1 aromatic rings. The topological polar surface area (TPSA) is 67.8 Å². The maximum absolute atomic E-state index is 10.5. The van der Waals surface area contributed by atoms with Crippen LogP contribution in [-0.4, -0.2) is 5.11 Å². The van der Waals surface area contributed by atoms with Crippen molar-refractivity contribution >= 4 is 6.08 Å². The van der Waals surface area contributed by atoms with E-state index in [0.29, 0.717) is 5.75 Å². The van der Waals surface area contributed by atoms with Crippen LogP contribution in [0.1, 0.15) is 69.1 Å². The molecule has 0 aliphatic rings.